The number of ether oxygens (including phenoxy) is 2. The van der Waals surface area contributed by atoms with Crippen molar-refractivity contribution < 1.29 is 19.1 Å². The number of carbonyl (C=O) groups is 2. The quantitative estimate of drug-likeness (QED) is 0.260. The van der Waals surface area contributed by atoms with Crippen LogP contribution in [0.4, 0.5) is 0 Å². The molecule has 0 bridgehead atoms. The van der Waals surface area contributed by atoms with Crippen LogP contribution in [-0.2, 0) is 4.74 Å². The van der Waals surface area contributed by atoms with Crippen molar-refractivity contribution in [2.24, 2.45) is 0 Å². The van der Waals surface area contributed by atoms with Gasteiger partial charge in [-0.05, 0) is 49.1 Å². The lowest BCUT2D eigenvalue weighted by Gasteiger charge is -2.07. The van der Waals surface area contributed by atoms with Gasteiger partial charge in [0.1, 0.15) is 5.75 Å². The van der Waals surface area contributed by atoms with Gasteiger partial charge in [-0.15, -0.1) is 11.3 Å². The molecular weight excluding hydrogens is 372 g/mol. The molecule has 0 N–H and O–H groups in total. The van der Waals surface area contributed by atoms with Crippen LogP contribution in [0.25, 0.3) is 6.08 Å². The van der Waals surface area contributed by atoms with E-state index < -0.39 is 5.97 Å². The zero-order chi connectivity index (χ0) is 20.4. The van der Waals surface area contributed by atoms with E-state index in [4.69, 9.17) is 4.74 Å². The van der Waals surface area contributed by atoms with Crippen molar-refractivity contribution in [2.45, 2.75) is 46.0 Å². The van der Waals surface area contributed by atoms with Crippen molar-refractivity contribution in [2.75, 3.05) is 13.7 Å². The predicted octanol–water partition coefficient (Wildman–Crippen LogP) is 6.09. The Labute approximate surface area is 171 Å². The number of allylic oxidation sites excluding steroid dienone is 1. The zero-order valence-corrected chi connectivity index (χ0v) is 17.6. The van der Waals surface area contributed by atoms with Gasteiger partial charge in [-0.3, -0.25) is 4.79 Å². The summed E-state index contributed by atoms with van der Waals surface area (Å²) in [6.07, 6.45) is 10.5. The molecule has 2 rings (SSSR count). The molecule has 0 aliphatic heterocycles. The third-order valence-electron chi connectivity index (χ3n) is 4.43. The summed E-state index contributed by atoms with van der Waals surface area (Å²) in [5, 5.41) is 1.62. The smallest absolute Gasteiger partial charge is 0.338 e. The van der Waals surface area contributed by atoms with Gasteiger partial charge < -0.3 is 9.47 Å². The van der Waals surface area contributed by atoms with E-state index in [2.05, 4.69) is 23.8 Å². The van der Waals surface area contributed by atoms with Crippen molar-refractivity contribution in [1.29, 1.82) is 0 Å². The fraction of sp³-hybridized carbons (Fsp3) is 0.391. The molecule has 4 nitrogen and oxygen atoms in total. The summed E-state index contributed by atoms with van der Waals surface area (Å²) >= 11 is 1.22. The second-order valence-corrected chi connectivity index (χ2v) is 7.58. The van der Waals surface area contributed by atoms with Crippen LogP contribution in [-0.4, -0.2) is 25.5 Å². The summed E-state index contributed by atoms with van der Waals surface area (Å²) in [6.45, 7) is 4.19. The molecule has 0 saturated carbocycles. The number of rotatable bonds is 11. The number of methoxy groups -OCH3 is 1. The molecule has 28 heavy (non-hydrogen) atoms. The molecule has 2 aromatic rings. The fourth-order valence-electron chi connectivity index (χ4n) is 2.75. The van der Waals surface area contributed by atoms with E-state index >= 15 is 0 Å². The molecule has 0 aliphatic carbocycles. The van der Waals surface area contributed by atoms with Crippen LogP contribution in [0.15, 0.2) is 35.7 Å². The third kappa shape index (κ3) is 6.64. The van der Waals surface area contributed by atoms with Crippen LogP contribution in [0, 0.1) is 6.92 Å². The lowest BCUT2D eigenvalue weighted by atomic mass is 10.1. The highest BCUT2D eigenvalue weighted by molar-refractivity contribution is 7.12. The second kappa shape index (κ2) is 11.4. The minimum Gasteiger partial charge on any atom is -0.485 e. The van der Waals surface area contributed by atoms with Gasteiger partial charge in [0.05, 0.1) is 17.6 Å². The number of ketones is 1. The molecule has 0 amide bonds. The number of thiophene rings is 1. The minimum atomic E-state index is -0.444. The Bertz CT molecular complexity index is 820. The summed E-state index contributed by atoms with van der Waals surface area (Å²) in [5.74, 6) is 0.0606. The number of unbranched alkanes of at least 4 members (excludes halogenated alkanes) is 4. The van der Waals surface area contributed by atoms with Crippen LogP contribution in [0.5, 0.6) is 5.75 Å². The maximum absolute atomic E-state index is 12.3. The van der Waals surface area contributed by atoms with Crippen LogP contribution >= 0.6 is 11.3 Å². The normalized spacial score (nSPS) is 11.0. The van der Waals surface area contributed by atoms with Gasteiger partial charge in [-0.25, -0.2) is 4.79 Å². The first kappa shape index (κ1) is 21.9. The molecule has 0 atom stereocenters. The van der Waals surface area contributed by atoms with Crippen molar-refractivity contribution in [3.63, 3.8) is 0 Å². The first-order valence-corrected chi connectivity index (χ1v) is 10.5. The summed E-state index contributed by atoms with van der Waals surface area (Å²) < 4.78 is 10.3. The van der Waals surface area contributed by atoms with Crippen LogP contribution in [0.2, 0.25) is 0 Å². The summed E-state index contributed by atoms with van der Waals surface area (Å²) in [6, 6.07) is 7.38. The Morgan fingerprint density at radius 3 is 2.68 bits per heavy atom. The van der Waals surface area contributed by atoms with E-state index in [0.29, 0.717) is 16.2 Å². The molecule has 0 spiro atoms. The summed E-state index contributed by atoms with van der Waals surface area (Å²) in [7, 11) is 1.32. The van der Waals surface area contributed by atoms with Gasteiger partial charge in [0.15, 0.2) is 6.61 Å². The van der Waals surface area contributed by atoms with Crippen LogP contribution in [0.1, 0.15) is 70.2 Å². The van der Waals surface area contributed by atoms with Crippen molar-refractivity contribution in [3.8, 4) is 5.75 Å². The Morgan fingerprint density at radius 1 is 1.14 bits per heavy atom. The molecule has 0 unspecified atom stereocenters. The van der Waals surface area contributed by atoms with Crippen molar-refractivity contribution in [3.05, 3.63) is 57.3 Å². The molecular formula is C23H28O4S. The molecule has 5 heteroatoms. The van der Waals surface area contributed by atoms with E-state index in [1.807, 2.05) is 25.1 Å². The first-order valence-electron chi connectivity index (χ1n) is 9.65. The number of esters is 1. The van der Waals surface area contributed by atoms with Gasteiger partial charge in [0.25, 0.3) is 0 Å². The van der Waals surface area contributed by atoms with Gasteiger partial charge in [-0.1, -0.05) is 44.4 Å². The first-order chi connectivity index (χ1) is 13.5. The molecule has 1 heterocycles. The second-order valence-electron chi connectivity index (χ2n) is 6.67. The largest absolute Gasteiger partial charge is 0.485 e. The lowest BCUT2D eigenvalue weighted by molar-refractivity contribution is 0.0601. The number of carbonyl (C=O) groups excluding carboxylic acids is 2. The van der Waals surface area contributed by atoms with Crippen LogP contribution in [0.3, 0.4) is 0 Å². The van der Waals surface area contributed by atoms with Crippen LogP contribution < -0.4 is 4.74 Å². The van der Waals surface area contributed by atoms with Gasteiger partial charge in [0, 0.05) is 5.38 Å². The van der Waals surface area contributed by atoms with E-state index in [1.54, 1.807) is 11.4 Å². The molecule has 1 aromatic heterocycles. The SMILES string of the molecule is CCCCCCC=Cc1ccc(OCC(=O)c2cc(C(=O)OC)cs2)cc1C. The number of hydrogen-bond donors (Lipinski definition) is 0. The summed E-state index contributed by atoms with van der Waals surface area (Å²) in [4.78, 5) is 24.2. The highest BCUT2D eigenvalue weighted by Gasteiger charge is 2.14. The molecule has 0 aliphatic rings. The standard InChI is InChI=1S/C23H28O4S/c1-4-5-6-7-8-9-10-18-11-12-20(13-17(18)2)27-15-21(24)22-14-19(16-28-22)23(25)26-3/h9-14,16H,4-8,15H2,1-3H3. The minimum absolute atomic E-state index is 0.0623. The van der Waals surface area contributed by atoms with Gasteiger partial charge in [-0.2, -0.15) is 0 Å². The molecule has 0 saturated heterocycles. The number of Topliss-reactive ketones (excluding diaryl/α,β-unsaturated/α-hetero) is 1. The molecule has 150 valence electrons. The maximum atomic E-state index is 12.3. The molecule has 0 fully saturated rings. The lowest BCUT2D eigenvalue weighted by Crippen LogP contribution is -2.10. The zero-order valence-electron chi connectivity index (χ0n) is 16.8. The Hall–Kier alpha value is -2.40. The topological polar surface area (TPSA) is 52.6 Å². The Balaban J connectivity index is 1.86. The maximum Gasteiger partial charge on any atom is 0.338 e. The molecule has 0 radical (unpaired) electrons. The average molecular weight is 401 g/mol. The highest BCUT2D eigenvalue weighted by atomic mass is 32.1. The van der Waals surface area contributed by atoms with Gasteiger partial charge in [0.2, 0.25) is 5.78 Å². The monoisotopic (exact) mass is 400 g/mol. The Kier molecular flexibility index (Phi) is 8.95. The third-order valence-corrected chi connectivity index (χ3v) is 5.40. The Morgan fingerprint density at radius 2 is 1.96 bits per heavy atom. The van der Waals surface area contributed by atoms with E-state index in [-0.39, 0.29) is 12.4 Å². The van der Waals surface area contributed by atoms with E-state index in [1.165, 1.54) is 44.1 Å². The summed E-state index contributed by atoms with van der Waals surface area (Å²) in [5.41, 5.74) is 2.66. The average Bonchev–Trinajstić information content (AvgIpc) is 3.19. The van der Waals surface area contributed by atoms with Crippen molar-refractivity contribution >= 4 is 29.2 Å². The van der Waals surface area contributed by atoms with E-state index in [9.17, 15) is 9.59 Å². The predicted molar refractivity (Wildman–Crippen MR) is 114 cm³/mol. The number of aryl methyl sites for hydroxylation is 1. The number of hydrogen-bond acceptors (Lipinski definition) is 5. The van der Waals surface area contributed by atoms with E-state index in [0.717, 1.165) is 17.5 Å². The molecule has 1 aromatic carbocycles. The number of benzene rings is 1. The van der Waals surface area contributed by atoms with Crippen molar-refractivity contribution in [1.82, 2.24) is 0 Å². The highest BCUT2D eigenvalue weighted by Crippen LogP contribution is 2.21. The fourth-order valence-corrected chi connectivity index (χ4v) is 3.56. The van der Waals surface area contributed by atoms with Gasteiger partial charge >= 0.3 is 5.97 Å².